The molecule has 1 fully saturated rings. The standard InChI is InChI=1S/C16H26N6O/c1-11(2)22-9-14(12(3)18-22)8-21-7-6-20(5)15(10-21)16-17-13(4)19-23-16/h9,11,15H,6-8,10H2,1-5H3/t15-/m1/s1. The van der Waals surface area contributed by atoms with E-state index in [-0.39, 0.29) is 6.04 Å². The minimum atomic E-state index is 0.158. The maximum Gasteiger partial charge on any atom is 0.245 e. The summed E-state index contributed by atoms with van der Waals surface area (Å²) in [6.45, 7) is 12.1. The summed E-state index contributed by atoms with van der Waals surface area (Å²) in [5.41, 5.74) is 2.41. The van der Waals surface area contributed by atoms with E-state index in [2.05, 4.69) is 59.1 Å². The first kappa shape index (κ1) is 16.1. The maximum absolute atomic E-state index is 5.39. The Bertz CT molecular complexity index is 661. The van der Waals surface area contributed by atoms with Crippen LogP contribution in [0.5, 0.6) is 0 Å². The first-order valence-corrected chi connectivity index (χ1v) is 8.21. The zero-order valence-electron chi connectivity index (χ0n) is 14.7. The molecule has 1 saturated heterocycles. The average molecular weight is 318 g/mol. The molecule has 7 heteroatoms. The van der Waals surface area contributed by atoms with Crippen molar-refractivity contribution in [3.63, 3.8) is 0 Å². The molecule has 126 valence electrons. The number of hydrogen-bond donors (Lipinski definition) is 0. The van der Waals surface area contributed by atoms with Crippen molar-refractivity contribution in [2.24, 2.45) is 0 Å². The van der Waals surface area contributed by atoms with Crippen molar-refractivity contribution in [2.75, 3.05) is 26.7 Å². The fraction of sp³-hybridized carbons (Fsp3) is 0.688. The topological polar surface area (TPSA) is 63.2 Å². The molecular formula is C16H26N6O. The van der Waals surface area contributed by atoms with Crippen molar-refractivity contribution in [1.82, 2.24) is 29.7 Å². The number of nitrogens with zero attached hydrogens (tertiary/aromatic N) is 6. The van der Waals surface area contributed by atoms with Gasteiger partial charge in [0.15, 0.2) is 5.82 Å². The Morgan fingerprint density at radius 3 is 2.70 bits per heavy atom. The van der Waals surface area contributed by atoms with Gasteiger partial charge in [-0.25, -0.2) is 0 Å². The molecule has 0 amide bonds. The lowest BCUT2D eigenvalue weighted by molar-refractivity contribution is 0.0713. The van der Waals surface area contributed by atoms with Crippen LogP contribution < -0.4 is 0 Å². The van der Waals surface area contributed by atoms with Crippen LogP contribution in [0.4, 0.5) is 0 Å². The lowest BCUT2D eigenvalue weighted by atomic mass is 10.1. The van der Waals surface area contributed by atoms with Crippen LogP contribution in [-0.2, 0) is 6.54 Å². The number of aryl methyl sites for hydroxylation is 2. The third kappa shape index (κ3) is 3.45. The normalized spacial score (nSPS) is 20.5. The van der Waals surface area contributed by atoms with Crippen LogP contribution >= 0.6 is 0 Å². The molecular weight excluding hydrogens is 292 g/mol. The summed E-state index contributed by atoms with van der Waals surface area (Å²) in [7, 11) is 2.11. The Kier molecular flexibility index (Phi) is 4.50. The van der Waals surface area contributed by atoms with Gasteiger partial charge in [0.05, 0.1) is 5.69 Å². The SMILES string of the molecule is Cc1noc([C@H]2CN(Cc3cn(C(C)C)nc3C)CCN2C)n1. The second-order valence-corrected chi connectivity index (χ2v) is 6.72. The van der Waals surface area contributed by atoms with Gasteiger partial charge in [-0.05, 0) is 34.7 Å². The van der Waals surface area contributed by atoms with Gasteiger partial charge < -0.3 is 4.52 Å². The average Bonchev–Trinajstić information content (AvgIpc) is 3.08. The lowest BCUT2D eigenvalue weighted by Crippen LogP contribution is -2.46. The molecule has 0 aromatic carbocycles. The smallest absolute Gasteiger partial charge is 0.245 e. The Hall–Kier alpha value is -1.73. The zero-order chi connectivity index (χ0) is 16.6. The third-order valence-corrected chi connectivity index (χ3v) is 4.50. The molecule has 0 saturated carbocycles. The minimum Gasteiger partial charge on any atom is -0.338 e. The highest BCUT2D eigenvalue weighted by Crippen LogP contribution is 2.24. The van der Waals surface area contributed by atoms with E-state index in [0.29, 0.717) is 17.8 Å². The van der Waals surface area contributed by atoms with Crippen molar-refractivity contribution in [1.29, 1.82) is 0 Å². The molecule has 1 aliphatic rings. The van der Waals surface area contributed by atoms with Crippen LogP contribution in [0, 0.1) is 13.8 Å². The summed E-state index contributed by atoms with van der Waals surface area (Å²) in [6, 6.07) is 0.550. The number of aromatic nitrogens is 4. The number of rotatable bonds is 4. The van der Waals surface area contributed by atoms with Gasteiger partial charge in [-0.15, -0.1) is 0 Å². The van der Waals surface area contributed by atoms with Crippen LogP contribution in [-0.4, -0.2) is 56.4 Å². The fourth-order valence-corrected chi connectivity index (χ4v) is 2.97. The Labute approximate surface area is 137 Å². The van der Waals surface area contributed by atoms with Crippen molar-refractivity contribution < 1.29 is 4.52 Å². The van der Waals surface area contributed by atoms with Crippen molar-refractivity contribution >= 4 is 0 Å². The van der Waals surface area contributed by atoms with Crippen LogP contribution in [0.15, 0.2) is 10.7 Å². The van der Waals surface area contributed by atoms with E-state index in [1.165, 1.54) is 5.56 Å². The van der Waals surface area contributed by atoms with E-state index in [9.17, 15) is 0 Å². The summed E-state index contributed by atoms with van der Waals surface area (Å²) in [5, 5.41) is 8.54. The molecule has 1 aliphatic heterocycles. The fourth-order valence-electron chi connectivity index (χ4n) is 2.97. The summed E-state index contributed by atoms with van der Waals surface area (Å²) in [4.78, 5) is 9.14. The van der Waals surface area contributed by atoms with Crippen molar-refractivity contribution in [3.8, 4) is 0 Å². The Morgan fingerprint density at radius 2 is 2.09 bits per heavy atom. The zero-order valence-corrected chi connectivity index (χ0v) is 14.7. The second-order valence-electron chi connectivity index (χ2n) is 6.72. The summed E-state index contributed by atoms with van der Waals surface area (Å²) in [5.74, 6) is 1.41. The van der Waals surface area contributed by atoms with Gasteiger partial charge in [-0.3, -0.25) is 14.5 Å². The number of likely N-dealkylation sites (N-methyl/N-ethyl adjacent to an activating group) is 1. The molecule has 3 rings (SSSR count). The molecule has 0 bridgehead atoms. The van der Waals surface area contributed by atoms with Crippen molar-refractivity contribution in [2.45, 2.75) is 46.3 Å². The highest BCUT2D eigenvalue weighted by molar-refractivity contribution is 5.16. The first-order chi connectivity index (χ1) is 10.9. The van der Waals surface area contributed by atoms with Gasteiger partial charge in [0.1, 0.15) is 6.04 Å². The summed E-state index contributed by atoms with van der Waals surface area (Å²) in [6.07, 6.45) is 2.17. The Balaban J connectivity index is 1.71. The highest BCUT2D eigenvalue weighted by Gasteiger charge is 2.30. The quantitative estimate of drug-likeness (QED) is 0.858. The van der Waals surface area contributed by atoms with E-state index < -0.39 is 0 Å². The minimum absolute atomic E-state index is 0.158. The predicted molar refractivity (Wildman–Crippen MR) is 87.0 cm³/mol. The molecule has 2 aromatic heterocycles. The molecule has 0 radical (unpaired) electrons. The van der Waals surface area contributed by atoms with Crippen LogP contribution in [0.25, 0.3) is 0 Å². The number of piperazine rings is 1. The molecule has 2 aromatic rings. The molecule has 0 unspecified atom stereocenters. The van der Waals surface area contributed by atoms with E-state index in [1.54, 1.807) is 0 Å². The molecule has 7 nitrogen and oxygen atoms in total. The van der Waals surface area contributed by atoms with Crippen LogP contribution in [0.2, 0.25) is 0 Å². The molecule has 23 heavy (non-hydrogen) atoms. The second kappa shape index (κ2) is 6.41. The summed E-state index contributed by atoms with van der Waals surface area (Å²) < 4.78 is 7.43. The highest BCUT2D eigenvalue weighted by atomic mass is 16.5. The third-order valence-electron chi connectivity index (χ3n) is 4.50. The summed E-state index contributed by atoms with van der Waals surface area (Å²) >= 11 is 0. The molecule has 1 atom stereocenters. The van der Waals surface area contributed by atoms with Crippen LogP contribution in [0.3, 0.4) is 0 Å². The van der Waals surface area contributed by atoms with Gasteiger partial charge in [-0.2, -0.15) is 10.1 Å². The molecule has 0 spiro atoms. The van der Waals surface area contributed by atoms with Gasteiger partial charge in [-0.1, -0.05) is 5.16 Å². The lowest BCUT2D eigenvalue weighted by Gasteiger charge is -2.37. The first-order valence-electron chi connectivity index (χ1n) is 8.21. The van der Waals surface area contributed by atoms with Crippen molar-refractivity contribution in [3.05, 3.63) is 29.2 Å². The van der Waals surface area contributed by atoms with E-state index in [4.69, 9.17) is 4.52 Å². The predicted octanol–water partition coefficient (Wildman–Crippen LogP) is 1.95. The Morgan fingerprint density at radius 1 is 1.30 bits per heavy atom. The van der Waals surface area contributed by atoms with E-state index >= 15 is 0 Å². The van der Waals surface area contributed by atoms with Gasteiger partial charge in [0.2, 0.25) is 5.89 Å². The van der Waals surface area contributed by atoms with Gasteiger partial charge in [0, 0.05) is 44.0 Å². The van der Waals surface area contributed by atoms with E-state index in [1.807, 2.05) is 11.6 Å². The largest absolute Gasteiger partial charge is 0.338 e. The molecule has 0 N–H and O–H groups in total. The van der Waals surface area contributed by atoms with Crippen LogP contribution in [0.1, 0.15) is 48.9 Å². The number of hydrogen-bond acceptors (Lipinski definition) is 6. The molecule has 0 aliphatic carbocycles. The van der Waals surface area contributed by atoms with Gasteiger partial charge in [0.25, 0.3) is 0 Å². The molecule has 3 heterocycles. The van der Waals surface area contributed by atoms with E-state index in [0.717, 1.165) is 31.9 Å². The van der Waals surface area contributed by atoms with Gasteiger partial charge >= 0.3 is 0 Å². The maximum atomic E-state index is 5.39. The monoisotopic (exact) mass is 318 g/mol.